The number of nitrogens with one attached hydrogen (secondary N) is 2. The Morgan fingerprint density at radius 2 is 1.72 bits per heavy atom. The molecule has 1 heterocycles. The summed E-state index contributed by atoms with van der Waals surface area (Å²) in [6.45, 7) is 0.663. The van der Waals surface area contributed by atoms with Crippen LogP contribution < -0.4 is 10.6 Å². The van der Waals surface area contributed by atoms with Crippen LogP contribution in [0.3, 0.4) is 0 Å². The molecule has 2 N–H and O–H groups in total. The molecule has 10 heteroatoms. The molecule has 1 fully saturated rings. The maximum atomic E-state index is 13.2. The van der Waals surface area contributed by atoms with E-state index in [0.29, 0.717) is 26.0 Å². The van der Waals surface area contributed by atoms with E-state index in [-0.39, 0.29) is 18.0 Å². The van der Waals surface area contributed by atoms with Crippen molar-refractivity contribution >= 4 is 21.8 Å². The first-order chi connectivity index (χ1) is 15.4. The highest BCUT2D eigenvalue weighted by atomic mass is 32.2. The van der Waals surface area contributed by atoms with Gasteiger partial charge in [0.15, 0.2) is 0 Å². The van der Waals surface area contributed by atoms with Gasteiger partial charge in [-0.1, -0.05) is 30.3 Å². The Labute approximate surface area is 186 Å². The Morgan fingerprint density at radius 3 is 2.44 bits per heavy atom. The lowest BCUT2D eigenvalue weighted by Crippen LogP contribution is -2.53. The fourth-order valence-electron chi connectivity index (χ4n) is 3.32. The third-order valence-corrected chi connectivity index (χ3v) is 6.89. The van der Waals surface area contributed by atoms with Crippen LogP contribution in [0.15, 0.2) is 59.5 Å². The van der Waals surface area contributed by atoms with Crippen molar-refractivity contribution in [2.45, 2.75) is 30.4 Å². The van der Waals surface area contributed by atoms with E-state index < -0.39 is 33.9 Å². The van der Waals surface area contributed by atoms with Crippen molar-refractivity contribution < 1.29 is 27.1 Å². The van der Waals surface area contributed by atoms with Crippen molar-refractivity contribution in [3.8, 4) is 0 Å². The van der Waals surface area contributed by atoms with E-state index >= 15 is 0 Å². The van der Waals surface area contributed by atoms with Gasteiger partial charge in [-0.15, -0.1) is 0 Å². The van der Waals surface area contributed by atoms with E-state index in [2.05, 4.69) is 10.6 Å². The summed E-state index contributed by atoms with van der Waals surface area (Å²) in [5.74, 6) is -2.20. The number of sulfonamides is 1. The molecule has 1 atom stereocenters. The van der Waals surface area contributed by atoms with Gasteiger partial charge in [-0.05, 0) is 49.1 Å². The minimum atomic E-state index is -3.95. The van der Waals surface area contributed by atoms with E-state index in [1.807, 2.05) is 30.3 Å². The summed E-state index contributed by atoms with van der Waals surface area (Å²) in [7, 11) is -3.95. The first-order valence-electron chi connectivity index (χ1n) is 10.4. The smallest absolute Gasteiger partial charge is 0.309 e. The van der Waals surface area contributed by atoms with Gasteiger partial charge >= 0.3 is 11.8 Å². The third-order valence-electron chi connectivity index (χ3n) is 4.99. The zero-order valence-corrected chi connectivity index (χ0v) is 18.3. The maximum absolute atomic E-state index is 13.2. The van der Waals surface area contributed by atoms with Crippen molar-refractivity contribution in [2.75, 3.05) is 26.2 Å². The van der Waals surface area contributed by atoms with Crippen molar-refractivity contribution in [1.29, 1.82) is 0 Å². The molecule has 2 aromatic carbocycles. The lowest BCUT2D eigenvalue weighted by molar-refractivity contribution is -0.140. The Hall–Kier alpha value is -2.82. The summed E-state index contributed by atoms with van der Waals surface area (Å²) in [5.41, 5.74) is 1.14. The molecular weight excluding hydrogens is 437 g/mol. The number of hydrogen-bond donors (Lipinski definition) is 2. The molecule has 1 unspecified atom stereocenters. The quantitative estimate of drug-likeness (QED) is 0.455. The average Bonchev–Trinajstić information content (AvgIpc) is 2.81. The van der Waals surface area contributed by atoms with E-state index in [1.165, 1.54) is 12.1 Å². The Morgan fingerprint density at radius 1 is 1.03 bits per heavy atom. The summed E-state index contributed by atoms with van der Waals surface area (Å²) in [5, 5.41) is 4.99. The van der Waals surface area contributed by atoms with E-state index in [4.69, 9.17) is 4.74 Å². The zero-order valence-electron chi connectivity index (χ0n) is 17.5. The van der Waals surface area contributed by atoms with Gasteiger partial charge in [0, 0.05) is 13.1 Å². The Kier molecular flexibility index (Phi) is 8.32. The molecule has 0 saturated carbocycles. The topological polar surface area (TPSA) is 105 Å². The van der Waals surface area contributed by atoms with Gasteiger partial charge in [-0.2, -0.15) is 4.31 Å². The molecule has 172 valence electrons. The molecular formula is C22H26FN3O5S. The number of halogens is 1. The van der Waals surface area contributed by atoms with Crippen LogP contribution in [0.5, 0.6) is 0 Å². The van der Waals surface area contributed by atoms with Crippen molar-refractivity contribution in [3.63, 3.8) is 0 Å². The first-order valence-corrected chi connectivity index (χ1v) is 11.8. The highest BCUT2D eigenvalue weighted by molar-refractivity contribution is 7.89. The molecule has 2 amide bonds. The summed E-state index contributed by atoms with van der Waals surface area (Å²) < 4.78 is 45.6. The predicted octanol–water partition coefficient (Wildman–Crippen LogP) is 1.43. The zero-order chi connectivity index (χ0) is 23.0. The first kappa shape index (κ1) is 23.8. The Balaban J connectivity index is 1.49. The van der Waals surface area contributed by atoms with Crippen LogP contribution >= 0.6 is 0 Å². The SMILES string of the molecule is O=C(NCCCc1ccccc1)C(=O)NCC1OCCCN1S(=O)(=O)c1ccc(F)cc1. The number of carbonyl (C=O) groups excluding carboxylic acids is 2. The molecule has 8 nitrogen and oxygen atoms in total. The van der Waals surface area contributed by atoms with E-state index in [0.717, 1.165) is 28.4 Å². The molecule has 1 aliphatic heterocycles. The van der Waals surface area contributed by atoms with Gasteiger partial charge in [-0.3, -0.25) is 9.59 Å². The van der Waals surface area contributed by atoms with Gasteiger partial charge in [0.05, 0.1) is 18.0 Å². The number of ether oxygens (including phenoxy) is 1. The molecule has 0 bridgehead atoms. The second-order valence-electron chi connectivity index (χ2n) is 7.30. The van der Waals surface area contributed by atoms with Crippen LogP contribution in [0.4, 0.5) is 4.39 Å². The van der Waals surface area contributed by atoms with Crippen LogP contribution in [0.2, 0.25) is 0 Å². The van der Waals surface area contributed by atoms with Gasteiger partial charge in [0.25, 0.3) is 0 Å². The number of nitrogens with zero attached hydrogens (tertiary/aromatic N) is 1. The summed E-state index contributed by atoms with van der Waals surface area (Å²) >= 11 is 0. The molecule has 3 rings (SSSR count). The average molecular weight is 464 g/mol. The molecule has 2 aromatic rings. The highest BCUT2D eigenvalue weighted by Crippen LogP contribution is 2.22. The minimum absolute atomic E-state index is 0.0723. The van der Waals surface area contributed by atoms with Gasteiger partial charge in [0.2, 0.25) is 10.0 Å². The lowest BCUT2D eigenvalue weighted by atomic mass is 10.1. The number of amides is 2. The number of benzene rings is 2. The second-order valence-corrected chi connectivity index (χ2v) is 9.19. The monoisotopic (exact) mass is 463 g/mol. The van der Waals surface area contributed by atoms with Crippen LogP contribution in [0.1, 0.15) is 18.4 Å². The third kappa shape index (κ3) is 6.35. The number of carbonyl (C=O) groups is 2. The highest BCUT2D eigenvalue weighted by Gasteiger charge is 2.34. The van der Waals surface area contributed by atoms with Crippen LogP contribution in [0.25, 0.3) is 0 Å². The van der Waals surface area contributed by atoms with Crippen LogP contribution in [-0.4, -0.2) is 57.0 Å². The molecule has 0 aromatic heterocycles. The molecule has 1 aliphatic rings. The van der Waals surface area contributed by atoms with Gasteiger partial charge < -0.3 is 15.4 Å². The second kappa shape index (κ2) is 11.2. The minimum Gasteiger partial charge on any atom is -0.360 e. The van der Waals surface area contributed by atoms with Crippen LogP contribution in [-0.2, 0) is 30.8 Å². The van der Waals surface area contributed by atoms with Gasteiger partial charge in [-0.25, -0.2) is 12.8 Å². The fourth-order valence-corrected chi connectivity index (χ4v) is 4.89. The predicted molar refractivity (Wildman–Crippen MR) is 115 cm³/mol. The molecule has 0 spiro atoms. The van der Waals surface area contributed by atoms with Crippen molar-refractivity contribution in [2.24, 2.45) is 0 Å². The number of aryl methyl sites for hydroxylation is 1. The fraction of sp³-hybridized carbons (Fsp3) is 0.364. The van der Waals surface area contributed by atoms with Crippen molar-refractivity contribution in [3.05, 3.63) is 66.0 Å². The normalized spacial score (nSPS) is 17.0. The summed E-state index contributed by atoms with van der Waals surface area (Å²) in [4.78, 5) is 24.1. The number of rotatable bonds is 8. The van der Waals surface area contributed by atoms with Gasteiger partial charge in [0.1, 0.15) is 12.0 Å². The summed E-state index contributed by atoms with van der Waals surface area (Å²) in [6, 6.07) is 14.3. The lowest BCUT2D eigenvalue weighted by Gasteiger charge is -2.34. The Bertz CT molecular complexity index is 1020. The molecule has 0 aliphatic carbocycles. The molecule has 0 radical (unpaired) electrons. The standard InChI is InChI=1S/C22H26FN3O5S/c23-18-9-11-19(12-10-18)32(29,30)26-14-5-15-31-20(26)16-25-22(28)21(27)24-13-4-8-17-6-2-1-3-7-17/h1-3,6-7,9-12,20H,4-5,8,13-16H2,(H,24,27)(H,25,28). The number of hydrogen-bond acceptors (Lipinski definition) is 5. The molecule has 1 saturated heterocycles. The van der Waals surface area contributed by atoms with Crippen molar-refractivity contribution in [1.82, 2.24) is 14.9 Å². The largest absolute Gasteiger partial charge is 0.360 e. The van der Waals surface area contributed by atoms with E-state index in [1.54, 1.807) is 0 Å². The van der Waals surface area contributed by atoms with Crippen LogP contribution in [0, 0.1) is 5.82 Å². The maximum Gasteiger partial charge on any atom is 0.309 e. The molecule has 32 heavy (non-hydrogen) atoms. The summed E-state index contributed by atoms with van der Waals surface area (Å²) in [6.07, 6.45) is 0.966. The van der Waals surface area contributed by atoms with E-state index in [9.17, 15) is 22.4 Å².